The minimum Gasteiger partial charge on any atom is -0.385 e. The number of aliphatic hydroxyl groups is 1. The molecule has 2 aromatic heterocycles. The number of aromatic nitrogens is 4. The zero-order valence-corrected chi connectivity index (χ0v) is 8.84. The zero-order valence-electron chi connectivity index (χ0n) is 8.84. The van der Waals surface area contributed by atoms with Crippen LogP contribution in [0.3, 0.4) is 0 Å². The summed E-state index contributed by atoms with van der Waals surface area (Å²) in [6.45, 7) is 1.57. The van der Waals surface area contributed by atoms with E-state index < -0.39 is 6.10 Å². The molecule has 0 aliphatic heterocycles. The highest BCUT2D eigenvalue weighted by atomic mass is 16.3. The molecule has 0 saturated heterocycles. The van der Waals surface area contributed by atoms with Gasteiger partial charge in [0.25, 0.3) is 5.56 Å². The molecule has 1 atom stereocenters. The maximum absolute atomic E-state index is 11.7. The van der Waals surface area contributed by atoms with Crippen LogP contribution in [0.25, 0.3) is 11.0 Å². The number of aliphatic hydroxyl groups excluding tert-OH is 1. The normalized spacial score (nSPS) is 17.9. The third-order valence-electron chi connectivity index (χ3n) is 2.77. The summed E-state index contributed by atoms with van der Waals surface area (Å²) in [5.41, 5.74) is 0.329. The molecule has 0 amide bonds. The van der Waals surface area contributed by atoms with Crippen LogP contribution in [0.1, 0.15) is 37.7 Å². The van der Waals surface area contributed by atoms with E-state index in [1.807, 2.05) is 0 Å². The monoisotopic (exact) mass is 220 g/mol. The van der Waals surface area contributed by atoms with Crippen LogP contribution in [-0.4, -0.2) is 24.9 Å². The standard InChI is InChI=1S/C10H12N4O2/c1-5(15)8-12-9-7(10(16)13-8)4-11-14(9)6-2-3-6/h4-6,15H,2-3H2,1H3,(H,12,13,16)/t5-/m0/s1. The van der Waals surface area contributed by atoms with E-state index in [1.54, 1.807) is 11.6 Å². The van der Waals surface area contributed by atoms with Crippen molar-refractivity contribution in [2.45, 2.75) is 31.9 Å². The SMILES string of the molecule is C[C@H](O)c1nc2c(cnn2C2CC2)c(=O)[nH]1. The number of hydrogen-bond acceptors (Lipinski definition) is 4. The molecule has 84 valence electrons. The molecule has 1 aliphatic rings. The third-order valence-corrected chi connectivity index (χ3v) is 2.77. The summed E-state index contributed by atoms with van der Waals surface area (Å²) in [6.07, 6.45) is 2.91. The van der Waals surface area contributed by atoms with Crippen LogP contribution in [0.5, 0.6) is 0 Å². The molecule has 3 rings (SSSR count). The Labute approximate surface area is 90.9 Å². The van der Waals surface area contributed by atoms with E-state index in [4.69, 9.17) is 0 Å². The van der Waals surface area contributed by atoms with Crippen LogP contribution >= 0.6 is 0 Å². The van der Waals surface area contributed by atoms with Crippen molar-refractivity contribution < 1.29 is 5.11 Å². The van der Waals surface area contributed by atoms with Gasteiger partial charge in [-0.25, -0.2) is 9.67 Å². The average molecular weight is 220 g/mol. The number of aromatic amines is 1. The molecular formula is C10H12N4O2. The van der Waals surface area contributed by atoms with Crippen molar-refractivity contribution in [3.8, 4) is 0 Å². The van der Waals surface area contributed by atoms with Crippen molar-refractivity contribution in [2.24, 2.45) is 0 Å². The van der Waals surface area contributed by atoms with Gasteiger partial charge in [-0.05, 0) is 19.8 Å². The summed E-state index contributed by atoms with van der Waals surface area (Å²) in [5.74, 6) is 0.292. The Kier molecular flexibility index (Phi) is 1.88. The van der Waals surface area contributed by atoms with Gasteiger partial charge in [-0.15, -0.1) is 0 Å². The van der Waals surface area contributed by atoms with Crippen molar-refractivity contribution in [2.75, 3.05) is 0 Å². The highest BCUT2D eigenvalue weighted by molar-refractivity contribution is 5.73. The molecule has 2 N–H and O–H groups in total. The Morgan fingerprint density at radius 1 is 1.62 bits per heavy atom. The summed E-state index contributed by atoms with van der Waals surface area (Å²) in [7, 11) is 0. The van der Waals surface area contributed by atoms with Gasteiger partial charge in [0.2, 0.25) is 0 Å². The molecule has 1 fully saturated rings. The van der Waals surface area contributed by atoms with Gasteiger partial charge in [0.15, 0.2) is 5.65 Å². The third kappa shape index (κ3) is 1.34. The lowest BCUT2D eigenvalue weighted by Gasteiger charge is -2.04. The van der Waals surface area contributed by atoms with Crippen LogP contribution < -0.4 is 5.56 Å². The largest absolute Gasteiger partial charge is 0.385 e. The summed E-state index contributed by atoms with van der Waals surface area (Å²) >= 11 is 0. The van der Waals surface area contributed by atoms with E-state index in [9.17, 15) is 9.90 Å². The maximum Gasteiger partial charge on any atom is 0.262 e. The van der Waals surface area contributed by atoms with Crippen LogP contribution in [0.2, 0.25) is 0 Å². The molecule has 0 radical (unpaired) electrons. The Balaban J connectivity index is 2.28. The Morgan fingerprint density at radius 2 is 2.38 bits per heavy atom. The molecule has 0 bridgehead atoms. The molecule has 0 spiro atoms. The summed E-state index contributed by atoms with van der Waals surface area (Å²) in [4.78, 5) is 18.5. The van der Waals surface area contributed by atoms with Gasteiger partial charge in [-0.1, -0.05) is 0 Å². The lowest BCUT2D eigenvalue weighted by atomic mass is 10.3. The second-order valence-corrected chi connectivity index (χ2v) is 4.18. The quantitative estimate of drug-likeness (QED) is 0.772. The van der Waals surface area contributed by atoms with Crippen molar-refractivity contribution in [3.05, 3.63) is 22.4 Å². The van der Waals surface area contributed by atoms with E-state index in [1.165, 1.54) is 6.20 Å². The van der Waals surface area contributed by atoms with Crippen LogP contribution in [0.15, 0.2) is 11.0 Å². The summed E-state index contributed by atoms with van der Waals surface area (Å²) in [5, 5.41) is 14.1. The molecule has 2 aromatic rings. The minimum atomic E-state index is -0.778. The lowest BCUT2D eigenvalue weighted by molar-refractivity contribution is 0.189. The van der Waals surface area contributed by atoms with Crippen molar-refractivity contribution in [3.63, 3.8) is 0 Å². The van der Waals surface area contributed by atoms with Crippen molar-refractivity contribution in [1.82, 2.24) is 19.7 Å². The molecule has 6 heteroatoms. The van der Waals surface area contributed by atoms with Crippen LogP contribution in [0, 0.1) is 0 Å². The first kappa shape index (κ1) is 9.53. The fourth-order valence-electron chi connectivity index (χ4n) is 1.74. The van der Waals surface area contributed by atoms with Crippen LogP contribution in [0.4, 0.5) is 0 Å². The molecule has 16 heavy (non-hydrogen) atoms. The first-order chi connectivity index (χ1) is 7.66. The fraction of sp³-hybridized carbons (Fsp3) is 0.500. The number of rotatable bonds is 2. The van der Waals surface area contributed by atoms with Gasteiger partial charge >= 0.3 is 0 Å². The van der Waals surface area contributed by atoms with E-state index in [0.717, 1.165) is 12.8 Å². The van der Waals surface area contributed by atoms with Crippen molar-refractivity contribution >= 4 is 11.0 Å². The number of fused-ring (bicyclic) bond motifs is 1. The van der Waals surface area contributed by atoms with Gasteiger partial charge in [0.1, 0.15) is 17.3 Å². The minimum absolute atomic E-state index is 0.243. The van der Waals surface area contributed by atoms with E-state index in [0.29, 0.717) is 22.9 Å². The van der Waals surface area contributed by atoms with E-state index in [-0.39, 0.29) is 5.56 Å². The van der Waals surface area contributed by atoms with Crippen molar-refractivity contribution in [1.29, 1.82) is 0 Å². The molecule has 2 heterocycles. The number of nitrogens with zero attached hydrogens (tertiary/aromatic N) is 3. The number of H-pyrrole nitrogens is 1. The summed E-state index contributed by atoms with van der Waals surface area (Å²) < 4.78 is 1.77. The molecular weight excluding hydrogens is 208 g/mol. The summed E-state index contributed by atoms with van der Waals surface area (Å²) in [6, 6.07) is 0.369. The Morgan fingerprint density at radius 3 is 3.00 bits per heavy atom. The topological polar surface area (TPSA) is 83.8 Å². The van der Waals surface area contributed by atoms with Crippen LogP contribution in [-0.2, 0) is 0 Å². The Bertz CT molecular complexity index is 594. The average Bonchev–Trinajstić information content (AvgIpc) is 2.98. The van der Waals surface area contributed by atoms with Gasteiger partial charge in [0, 0.05) is 0 Å². The molecule has 6 nitrogen and oxygen atoms in total. The fourth-order valence-corrected chi connectivity index (χ4v) is 1.74. The van der Waals surface area contributed by atoms with E-state index >= 15 is 0 Å². The number of hydrogen-bond donors (Lipinski definition) is 2. The predicted molar refractivity (Wildman–Crippen MR) is 57.1 cm³/mol. The molecule has 1 aliphatic carbocycles. The Hall–Kier alpha value is -1.69. The molecule has 1 saturated carbocycles. The second kappa shape index (κ2) is 3.15. The van der Waals surface area contributed by atoms with Gasteiger partial charge < -0.3 is 10.1 Å². The first-order valence-electron chi connectivity index (χ1n) is 5.32. The number of nitrogens with one attached hydrogen (secondary N) is 1. The molecule has 0 aromatic carbocycles. The van der Waals surface area contributed by atoms with Gasteiger partial charge in [-0.2, -0.15) is 5.10 Å². The van der Waals surface area contributed by atoms with Gasteiger partial charge in [-0.3, -0.25) is 4.79 Å². The zero-order chi connectivity index (χ0) is 11.3. The van der Waals surface area contributed by atoms with Gasteiger partial charge in [0.05, 0.1) is 12.2 Å². The van der Waals surface area contributed by atoms with E-state index in [2.05, 4.69) is 15.1 Å². The highest BCUT2D eigenvalue weighted by Crippen LogP contribution is 2.35. The maximum atomic E-state index is 11.7. The predicted octanol–water partition coefficient (Wildman–Crippen LogP) is 0.508. The first-order valence-corrected chi connectivity index (χ1v) is 5.32. The second-order valence-electron chi connectivity index (χ2n) is 4.18. The smallest absolute Gasteiger partial charge is 0.262 e. The lowest BCUT2D eigenvalue weighted by Crippen LogP contribution is -2.14. The molecule has 0 unspecified atom stereocenters. The highest BCUT2D eigenvalue weighted by Gasteiger charge is 2.27.